The molecule has 1 aliphatic heterocycles. The molecule has 0 radical (unpaired) electrons. The molecule has 2 heteroatoms. The number of hydrogen-bond acceptors (Lipinski definition) is 2. The summed E-state index contributed by atoms with van der Waals surface area (Å²) in [4.78, 5) is 2.55. The van der Waals surface area contributed by atoms with Crippen molar-refractivity contribution in [1.29, 1.82) is 0 Å². The van der Waals surface area contributed by atoms with Crippen LogP contribution in [0.3, 0.4) is 0 Å². The van der Waals surface area contributed by atoms with Crippen molar-refractivity contribution in [3.63, 3.8) is 0 Å². The summed E-state index contributed by atoms with van der Waals surface area (Å²) in [5.74, 6) is 0.860. The van der Waals surface area contributed by atoms with Gasteiger partial charge >= 0.3 is 0 Å². The van der Waals surface area contributed by atoms with Gasteiger partial charge in [-0.25, -0.2) is 0 Å². The molecule has 17 heavy (non-hydrogen) atoms. The first-order chi connectivity index (χ1) is 8.36. The molecule has 2 aliphatic rings. The molecule has 1 atom stereocenters. The molecule has 0 spiro atoms. The minimum absolute atomic E-state index is 0.611. The molecular weight excluding hydrogens is 208 g/mol. The minimum Gasteiger partial charge on any atom is -0.329 e. The number of nitrogens with zero attached hydrogens (tertiary/aromatic N) is 1. The summed E-state index contributed by atoms with van der Waals surface area (Å²) in [6.07, 6.45) is 5.36. The molecule has 1 saturated heterocycles. The standard InChI is InChI=1S/C15H22N2/c16-10-15-5-2-8-17(15)11-12-3-1-4-14(9-12)13-6-7-13/h1,3-4,9,13,15H,2,5-8,10-11,16H2. The highest BCUT2D eigenvalue weighted by atomic mass is 15.2. The van der Waals surface area contributed by atoms with Gasteiger partial charge in [0.2, 0.25) is 0 Å². The van der Waals surface area contributed by atoms with E-state index in [1.54, 1.807) is 5.56 Å². The van der Waals surface area contributed by atoms with Crippen LogP contribution in [0.2, 0.25) is 0 Å². The van der Waals surface area contributed by atoms with Crippen LogP contribution in [0, 0.1) is 0 Å². The molecule has 1 aromatic carbocycles. The van der Waals surface area contributed by atoms with Crippen molar-refractivity contribution in [2.75, 3.05) is 13.1 Å². The summed E-state index contributed by atoms with van der Waals surface area (Å²) in [5, 5.41) is 0. The molecule has 1 unspecified atom stereocenters. The lowest BCUT2D eigenvalue weighted by Crippen LogP contribution is -2.34. The van der Waals surface area contributed by atoms with Crippen molar-refractivity contribution in [2.45, 2.75) is 44.2 Å². The number of hydrogen-bond donors (Lipinski definition) is 1. The Morgan fingerprint density at radius 3 is 2.88 bits per heavy atom. The van der Waals surface area contributed by atoms with E-state index in [0.717, 1.165) is 19.0 Å². The van der Waals surface area contributed by atoms with Crippen molar-refractivity contribution in [3.05, 3.63) is 35.4 Å². The topological polar surface area (TPSA) is 29.3 Å². The van der Waals surface area contributed by atoms with Crippen LogP contribution in [0.15, 0.2) is 24.3 Å². The maximum Gasteiger partial charge on any atom is 0.0237 e. The molecule has 1 heterocycles. The van der Waals surface area contributed by atoms with Gasteiger partial charge in [-0.1, -0.05) is 24.3 Å². The van der Waals surface area contributed by atoms with Crippen molar-refractivity contribution in [2.24, 2.45) is 5.73 Å². The Morgan fingerprint density at radius 2 is 2.12 bits per heavy atom. The predicted octanol–water partition coefficient (Wildman–Crippen LogP) is 2.49. The molecule has 1 aromatic rings. The maximum atomic E-state index is 5.82. The number of benzene rings is 1. The zero-order chi connectivity index (χ0) is 11.7. The van der Waals surface area contributed by atoms with Gasteiger partial charge in [-0.15, -0.1) is 0 Å². The zero-order valence-electron chi connectivity index (χ0n) is 10.4. The summed E-state index contributed by atoms with van der Waals surface area (Å²) >= 11 is 0. The third-order valence-electron chi connectivity index (χ3n) is 4.16. The third-order valence-corrected chi connectivity index (χ3v) is 4.16. The molecule has 2 fully saturated rings. The van der Waals surface area contributed by atoms with Crippen LogP contribution in [0.4, 0.5) is 0 Å². The van der Waals surface area contributed by atoms with E-state index in [2.05, 4.69) is 29.2 Å². The second-order valence-electron chi connectivity index (χ2n) is 5.52. The normalized spacial score (nSPS) is 25.4. The largest absolute Gasteiger partial charge is 0.329 e. The van der Waals surface area contributed by atoms with E-state index in [1.807, 2.05) is 0 Å². The average Bonchev–Trinajstić information content (AvgIpc) is 3.11. The summed E-state index contributed by atoms with van der Waals surface area (Å²) in [5.41, 5.74) is 8.84. The van der Waals surface area contributed by atoms with Crippen molar-refractivity contribution in [1.82, 2.24) is 4.90 Å². The van der Waals surface area contributed by atoms with Gasteiger partial charge in [0.25, 0.3) is 0 Å². The van der Waals surface area contributed by atoms with E-state index < -0.39 is 0 Å². The van der Waals surface area contributed by atoms with Crippen LogP contribution >= 0.6 is 0 Å². The van der Waals surface area contributed by atoms with Gasteiger partial charge < -0.3 is 5.73 Å². The second kappa shape index (κ2) is 4.79. The molecule has 2 N–H and O–H groups in total. The lowest BCUT2D eigenvalue weighted by atomic mass is 10.1. The van der Waals surface area contributed by atoms with Crippen LogP contribution in [0.5, 0.6) is 0 Å². The molecule has 0 aromatic heterocycles. The molecule has 1 aliphatic carbocycles. The fourth-order valence-electron chi connectivity index (χ4n) is 2.97. The van der Waals surface area contributed by atoms with Crippen LogP contribution in [-0.2, 0) is 6.54 Å². The monoisotopic (exact) mass is 230 g/mol. The molecular formula is C15H22N2. The lowest BCUT2D eigenvalue weighted by molar-refractivity contribution is 0.250. The highest BCUT2D eigenvalue weighted by Crippen LogP contribution is 2.40. The Labute approximate surface area is 104 Å². The van der Waals surface area contributed by atoms with E-state index >= 15 is 0 Å². The van der Waals surface area contributed by atoms with Crippen LogP contribution in [0.1, 0.15) is 42.7 Å². The van der Waals surface area contributed by atoms with E-state index in [1.165, 1.54) is 37.8 Å². The molecule has 3 rings (SSSR count). The predicted molar refractivity (Wildman–Crippen MR) is 70.9 cm³/mol. The fourth-order valence-corrected chi connectivity index (χ4v) is 2.97. The molecule has 2 nitrogen and oxygen atoms in total. The Balaban J connectivity index is 1.69. The van der Waals surface area contributed by atoms with Crippen LogP contribution < -0.4 is 5.73 Å². The van der Waals surface area contributed by atoms with Crippen molar-refractivity contribution < 1.29 is 0 Å². The van der Waals surface area contributed by atoms with Crippen LogP contribution in [-0.4, -0.2) is 24.0 Å². The quantitative estimate of drug-likeness (QED) is 0.861. The fraction of sp³-hybridized carbons (Fsp3) is 0.600. The van der Waals surface area contributed by atoms with Gasteiger partial charge in [-0.05, 0) is 49.3 Å². The van der Waals surface area contributed by atoms with Gasteiger partial charge in [0.05, 0.1) is 0 Å². The zero-order valence-corrected chi connectivity index (χ0v) is 10.4. The second-order valence-corrected chi connectivity index (χ2v) is 5.52. The first-order valence-corrected chi connectivity index (χ1v) is 6.90. The van der Waals surface area contributed by atoms with Gasteiger partial charge in [0.1, 0.15) is 0 Å². The molecule has 1 saturated carbocycles. The first-order valence-electron chi connectivity index (χ1n) is 6.90. The SMILES string of the molecule is NCC1CCCN1Cc1cccc(C2CC2)c1. The number of rotatable bonds is 4. The number of likely N-dealkylation sites (tertiary alicyclic amines) is 1. The van der Waals surface area contributed by atoms with E-state index in [-0.39, 0.29) is 0 Å². The molecule has 0 amide bonds. The van der Waals surface area contributed by atoms with E-state index in [0.29, 0.717) is 6.04 Å². The van der Waals surface area contributed by atoms with Crippen molar-refractivity contribution in [3.8, 4) is 0 Å². The Bertz CT molecular complexity index is 384. The van der Waals surface area contributed by atoms with E-state index in [4.69, 9.17) is 5.73 Å². The number of nitrogens with two attached hydrogens (primary N) is 1. The smallest absolute Gasteiger partial charge is 0.0237 e. The summed E-state index contributed by atoms with van der Waals surface area (Å²) in [6, 6.07) is 9.78. The van der Waals surface area contributed by atoms with Crippen LogP contribution in [0.25, 0.3) is 0 Å². The minimum atomic E-state index is 0.611. The van der Waals surface area contributed by atoms with Gasteiger partial charge in [0, 0.05) is 19.1 Å². The average molecular weight is 230 g/mol. The summed E-state index contributed by atoms with van der Waals surface area (Å²) in [7, 11) is 0. The van der Waals surface area contributed by atoms with E-state index in [9.17, 15) is 0 Å². The highest BCUT2D eigenvalue weighted by molar-refractivity contribution is 5.29. The maximum absolute atomic E-state index is 5.82. The molecule has 92 valence electrons. The summed E-state index contributed by atoms with van der Waals surface area (Å²) in [6.45, 7) is 3.11. The molecule has 0 bridgehead atoms. The summed E-state index contributed by atoms with van der Waals surface area (Å²) < 4.78 is 0. The van der Waals surface area contributed by atoms with Crippen molar-refractivity contribution >= 4 is 0 Å². The van der Waals surface area contributed by atoms with Gasteiger partial charge in [-0.3, -0.25) is 4.90 Å². The van der Waals surface area contributed by atoms with Gasteiger partial charge in [-0.2, -0.15) is 0 Å². The Kier molecular flexibility index (Phi) is 3.17. The Hall–Kier alpha value is -0.860. The Morgan fingerprint density at radius 1 is 1.24 bits per heavy atom. The lowest BCUT2D eigenvalue weighted by Gasteiger charge is -2.23. The van der Waals surface area contributed by atoms with Gasteiger partial charge in [0.15, 0.2) is 0 Å². The third kappa shape index (κ3) is 2.53. The highest BCUT2D eigenvalue weighted by Gasteiger charge is 2.25. The first kappa shape index (κ1) is 11.2.